The first-order valence-corrected chi connectivity index (χ1v) is 7.93. The molecule has 0 heterocycles. The van der Waals surface area contributed by atoms with Gasteiger partial charge < -0.3 is 0 Å². The molecule has 8 heteroatoms. The van der Waals surface area contributed by atoms with Crippen LogP contribution in [0.3, 0.4) is 0 Å². The molecule has 0 radical (unpaired) electrons. The summed E-state index contributed by atoms with van der Waals surface area (Å²) in [6.07, 6.45) is 1.15. The summed E-state index contributed by atoms with van der Waals surface area (Å²) in [5.74, 6) is 0. The molecule has 0 aliphatic rings. The summed E-state index contributed by atoms with van der Waals surface area (Å²) in [6.45, 7) is 0. The van der Waals surface area contributed by atoms with E-state index in [1.807, 2.05) is 0 Å². The van der Waals surface area contributed by atoms with Crippen LogP contribution in [0.15, 0.2) is 62.3 Å². The van der Waals surface area contributed by atoms with Crippen molar-refractivity contribution < 1.29 is 13.3 Å². The molecule has 6 nitrogen and oxygen atoms in total. The van der Waals surface area contributed by atoms with E-state index < -0.39 is 25.5 Å². The summed E-state index contributed by atoms with van der Waals surface area (Å²) in [5.41, 5.74) is 0.0748. The Hall–Kier alpha value is -2.06. The molecule has 2 aromatic carbocycles. The van der Waals surface area contributed by atoms with Crippen LogP contribution >= 0.6 is 15.9 Å². The predicted octanol–water partition coefficient (Wildman–Crippen LogP) is 3.17. The van der Waals surface area contributed by atoms with Crippen molar-refractivity contribution in [1.82, 2.24) is 0 Å². The Kier molecular flexibility index (Phi) is 4.49. The minimum Gasteiger partial charge on any atom is -0.258 e. The second-order valence-corrected chi connectivity index (χ2v) is 6.50. The van der Waals surface area contributed by atoms with Crippen LogP contribution in [0.2, 0.25) is 0 Å². The molecule has 0 amide bonds. The lowest BCUT2D eigenvalue weighted by Crippen LogP contribution is -2.02. The monoisotopic (exact) mass is 368 g/mol. The van der Waals surface area contributed by atoms with Crippen LogP contribution in [0, 0.1) is 10.1 Å². The van der Waals surface area contributed by atoms with Crippen molar-refractivity contribution in [2.45, 2.75) is 4.90 Å². The second kappa shape index (κ2) is 6.15. The summed E-state index contributed by atoms with van der Waals surface area (Å²) in [7, 11) is -4.13. The summed E-state index contributed by atoms with van der Waals surface area (Å²) in [6, 6.07) is 11.9. The van der Waals surface area contributed by atoms with Crippen LogP contribution in [-0.4, -0.2) is 19.6 Å². The molecule has 2 rings (SSSR count). The van der Waals surface area contributed by atoms with Gasteiger partial charge in [0.15, 0.2) is 4.90 Å². The minimum absolute atomic E-state index is 0.427. The molecule has 0 N–H and O–H groups in total. The highest BCUT2D eigenvalue weighted by Gasteiger charge is 2.23. The van der Waals surface area contributed by atoms with Crippen molar-refractivity contribution in [2.24, 2.45) is 4.40 Å². The quantitative estimate of drug-likeness (QED) is 0.470. The SMILES string of the molecule is O=[N+]([O-])c1ccccc1S(=O)(=O)/N=C/c1ccc(Br)cc1. The van der Waals surface area contributed by atoms with Crippen molar-refractivity contribution in [3.63, 3.8) is 0 Å². The Balaban J connectivity index is 2.39. The zero-order valence-electron chi connectivity index (χ0n) is 10.5. The number of hydrogen-bond donors (Lipinski definition) is 0. The average molecular weight is 369 g/mol. The molecule has 21 heavy (non-hydrogen) atoms. The highest BCUT2D eigenvalue weighted by Crippen LogP contribution is 2.24. The Morgan fingerprint density at radius 1 is 1.10 bits per heavy atom. The maximum Gasteiger partial charge on any atom is 0.289 e. The molecule has 0 aliphatic heterocycles. The fraction of sp³-hybridized carbons (Fsp3) is 0. The van der Waals surface area contributed by atoms with Gasteiger partial charge in [-0.1, -0.05) is 40.2 Å². The van der Waals surface area contributed by atoms with Gasteiger partial charge in [0.05, 0.1) is 4.92 Å². The van der Waals surface area contributed by atoms with Crippen LogP contribution in [0.1, 0.15) is 5.56 Å². The van der Waals surface area contributed by atoms with Gasteiger partial charge in [0.1, 0.15) is 0 Å². The summed E-state index contributed by atoms with van der Waals surface area (Å²) in [4.78, 5) is 9.69. The molecule has 0 bridgehead atoms. The van der Waals surface area contributed by atoms with Gasteiger partial charge in [-0.2, -0.15) is 12.8 Å². The smallest absolute Gasteiger partial charge is 0.258 e. The first-order chi connectivity index (χ1) is 9.90. The number of halogens is 1. The number of para-hydroxylation sites is 1. The van der Waals surface area contributed by atoms with E-state index in [-0.39, 0.29) is 0 Å². The third-order valence-electron chi connectivity index (χ3n) is 2.55. The molecule has 108 valence electrons. The van der Waals surface area contributed by atoms with E-state index in [0.717, 1.165) is 22.8 Å². The van der Waals surface area contributed by atoms with Crippen LogP contribution < -0.4 is 0 Å². The van der Waals surface area contributed by atoms with Gasteiger partial charge in [-0.25, -0.2) is 0 Å². The maximum absolute atomic E-state index is 12.1. The fourth-order valence-corrected chi connectivity index (χ4v) is 2.86. The zero-order valence-corrected chi connectivity index (χ0v) is 12.9. The van der Waals surface area contributed by atoms with E-state index in [0.29, 0.717) is 5.56 Å². The number of nitrogens with zero attached hydrogens (tertiary/aromatic N) is 2. The van der Waals surface area contributed by atoms with Gasteiger partial charge in [-0.15, -0.1) is 0 Å². The zero-order chi connectivity index (χ0) is 15.5. The fourth-order valence-electron chi connectivity index (χ4n) is 1.56. The van der Waals surface area contributed by atoms with Crippen molar-refractivity contribution >= 4 is 37.9 Å². The standard InChI is InChI=1S/C13H9BrN2O4S/c14-11-7-5-10(6-8-11)9-15-21(19,20)13-4-2-1-3-12(13)16(17)18/h1-9H/b15-9+. The molecular formula is C13H9BrN2O4S. The largest absolute Gasteiger partial charge is 0.289 e. The Morgan fingerprint density at radius 3 is 2.33 bits per heavy atom. The number of rotatable bonds is 4. The summed E-state index contributed by atoms with van der Waals surface area (Å²) >= 11 is 3.26. The highest BCUT2D eigenvalue weighted by molar-refractivity contribution is 9.10. The molecule has 0 saturated heterocycles. The summed E-state index contributed by atoms with van der Waals surface area (Å²) < 4.78 is 28.5. The third kappa shape index (κ3) is 3.73. The molecule has 0 aliphatic carbocycles. The number of nitro groups is 1. The van der Waals surface area contributed by atoms with Crippen molar-refractivity contribution in [1.29, 1.82) is 0 Å². The van der Waals surface area contributed by atoms with Gasteiger partial charge in [-0.05, 0) is 23.8 Å². The normalized spacial score (nSPS) is 11.7. The van der Waals surface area contributed by atoms with E-state index in [9.17, 15) is 18.5 Å². The minimum atomic E-state index is -4.13. The summed E-state index contributed by atoms with van der Waals surface area (Å²) in [5, 5.41) is 10.9. The van der Waals surface area contributed by atoms with Gasteiger partial charge in [0.2, 0.25) is 0 Å². The van der Waals surface area contributed by atoms with Crippen LogP contribution in [0.4, 0.5) is 5.69 Å². The van der Waals surface area contributed by atoms with E-state index >= 15 is 0 Å². The van der Waals surface area contributed by atoms with Gasteiger partial charge in [-0.3, -0.25) is 10.1 Å². The van der Waals surface area contributed by atoms with Crippen LogP contribution in [0.5, 0.6) is 0 Å². The molecule has 0 unspecified atom stereocenters. The number of sulfonamides is 1. The maximum atomic E-state index is 12.1. The average Bonchev–Trinajstić information content (AvgIpc) is 2.47. The van der Waals surface area contributed by atoms with E-state index in [1.165, 1.54) is 12.1 Å². The Labute approximate surface area is 129 Å². The Bertz CT molecular complexity index is 801. The van der Waals surface area contributed by atoms with Crippen LogP contribution in [-0.2, 0) is 10.0 Å². The highest BCUT2D eigenvalue weighted by atomic mass is 79.9. The Morgan fingerprint density at radius 2 is 1.71 bits per heavy atom. The second-order valence-electron chi connectivity index (χ2n) is 3.99. The lowest BCUT2D eigenvalue weighted by atomic mass is 10.2. The molecule has 0 spiro atoms. The van der Waals surface area contributed by atoms with Gasteiger partial charge in [0, 0.05) is 16.8 Å². The number of hydrogen-bond acceptors (Lipinski definition) is 4. The van der Waals surface area contributed by atoms with Gasteiger partial charge in [0.25, 0.3) is 15.7 Å². The molecular weight excluding hydrogens is 360 g/mol. The van der Waals surface area contributed by atoms with Crippen molar-refractivity contribution in [2.75, 3.05) is 0 Å². The first kappa shape index (κ1) is 15.3. The van der Waals surface area contributed by atoms with Crippen molar-refractivity contribution in [3.05, 3.63) is 68.7 Å². The molecule has 0 saturated carbocycles. The predicted molar refractivity (Wildman–Crippen MR) is 82.0 cm³/mol. The van der Waals surface area contributed by atoms with Crippen LogP contribution in [0.25, 0.3) is 0 Å². The lowest BCUT2D eigenvalue weighted by molar-refractivity contribution is -0.387. The third-order valence-corrected chi connectivity index (χ3v) is 4.36. The van der Waals surface area contributed by atoms with E-state index in [2.05, 4.69) is 20.3 Å². The molecule has 2 aromatic rings. The first-order valence-electron chi connectivity index (χ1n) is 5.69. The van der Waals surface area contributed by atoms with E-state index in [1.54, 1.807) is 24.3 Å². The van der Waals surface area contributed by atoms with Crippen molar-refractivity contribution in [3.8, 4) is 0 Å². The number of benzene rings is 2. The lowest BCUT2D eigenvalue weighted by Gasteiger charge is -2.00. The molecule has 0 aromatic heterocycles. The topological polar surface area (TPSA) is 89.6 Å². The molecule has 0 atom stereocenters. The molecule has 0 fully saturated rings. The van der Waals surface area contributed by atoms with Gasteiger partial charge >= 0.3 is 0 Å². The van der Waals surface area contributed by atoms with E-state index in [4.69, 9.17) is 0 Å². The number of nitro benzene ring substituents is 1.